The molecule has 2 aromatic carbocycles. The van der Waals surface area contributed by atoms with Gasteiger partial charge in [0.15, 0.2) is 5.13 Å². The highest BCUT2D eigenvalue weighted by Gasteiger charge is 2.18. The fourth-order valence-electron chi connectivity index (χ4n) is 3.81. The number of benzene rings is 2. The van der Waals surface area contributed by atoms with Crippen molar-refractivity contribution >= 4 is 38.1 Å². The average molecular weight is 411 g/mol. The molecule has 0 spiro atoms. The number of non-ortho nitro benzene ring substituents is 1. The first-order valence-corrected chi connectivity index (χ1v) is 11.1. The molecule has 0 atom stereocenters. The Balaban J connectivity index is 1.64. The lowest BCUT2D eigenvalue weighted by Gasteiger charge is -2.30. The van der Waals surface area contributed by atoms with Crippen LogP contribution in [0.15, 0.2) is 42.5 Å². The van der Waals surface area contributed by atoms with Gasteiger partial charge in [-0.05, 0) is 62.2 Å². The molecule has 3 aromatic rings. The van der Waals surface area contributed by atoms with Crippen molar-refractivity contribution in [2.24, 2.45) is 0 Å². The van der Waals surface area contributed by atoms with Crippen LogP contribution in [0, 0.1) is 10.1 Å². The topological polar surface area (TPSA) is 62.5 Å². The van der Waals surface area contributed by atoms with Gasteiger partial charge in [0.1, 0.15) is 0 Å². The van der Waals surface area contributed by atoms with E-state index in [9.17, 15) is 10.1 Å². The number of thiazole rings is 1. The highest BCUT2D eigenvalue weighted by atomic mass is 32.1. The summed E-state index contributed by atoms with van der Waals surface area (Å²) in [6, 6.07) is 13.3. The van der Waals surface area contributed by atoms with E-state index in [2.05, 4.69) is 34.9 Å². The van der Waals surface area contributed by atoms with Crippen LogP contribution in [0.4, 0.5) is 16.5 Å². The Labute approximate surface area is 174 Å². The average Bonchev–Trinajstić information content (AvgIpc) is 3.17. The first-order chi connectivity index (χ1) is 14.1. The summed E-state index contributed by atoms with van der Waals surface area (Å²) >= 11 is 1.69. The lowest BCUT2D eigenvalue weighted by molar-refractivity contribution is -0.384. The minimum atomic E-state index is -0.355. The van der Waals surface area contributed by atoms with Crippen LogP contribution in [-0.2, 0) is 6.42 Å². The maximum absolute atomic E-state index is 11.0. The van der Waals surface area contributed by atoms with Gasteiger partial charge >= 0.3 is 0 Å². The number of hydrogen-bond acceptors (Lipinski definition) is 6. The number of aryl methyl sites for hydroxylation is 1. The summed E-state index contributed by atoms with van der Waals surface area (Å²) in [6.45, 7) is 6.23. The number of nitro groups is 1. The van der Waals surface area contributed by atoms with Crippen LogP contribution in [0.2, 0.25) is 0 Å². The predicted octanol–water partition coefficient (Wildman–Crippen LogP) is 5.39. The molecule has 0 saturated carbocycles. The molecule has 0 aliphatic carbocycles. The Hall–Kier alpha value is -2.51. The summed E-state index contributed by atoms with van der Waals surface area (Å²) in [5, 5.41) is 12.0. The number of piperidine rings is 1. The summed E-state index contributed by atoms with van der Waals surface area (Å²) in [4.78, 5) is 20.3. The Morgan fingerprint density at radius 2 is 1.90 bits per heavy atom. The second kappa shape index (κ2) is 8.88. The van der Waals surface area contributed by atoms with Crippen molar-refractivity contribution in [1.82, 2.24) is 9.88 Å². The number of anilines is 2. The molecule has 0 unspecified atom stereocenters. The zero-order valence-electron chi connectivity index (χ0n) is 16.7. The maximum Gasteiger partial charge on any atom is 0.269 e. The first-order valence-electron chi connectivity index (χ1n) is 10.3. The number of hydrogen-bond donors (Lipinski definition) is 0. The SMILES string of the molecule is CCc1ccc2nc(N(CCN3CCCCC3)c3ccc([N+](=O)[O-])cc3)sc2c1. The Morgan fingerprint density at radius 3 is 2.59 bits per heavy atom. The monoisotopic (exact) mass is 410 g/mol. The van der Waals surface area contributed by atoms with Crippen LogP contribution < -0.4 is 4.90 Å². The lowest BCUT2D eigenvalue weighted by atomic mass is 10.1. The molecular formula is C22H26N4O2S. The van der Waals surface area contributed by atoms with Crippen LogP contribution in [0.3, 0.4) is 0 Å². The second-order valence-electron chi connectivity index (χ2n) is 7.48. The lowest BCUT2D eigenvalue weighted by Crippen LogP contribution is -2.36. The molecule has 152 valence electrons. The van der Waals surface area contributed by atoms with Gasteiger partial charge in [0, 0.05) is 30.9 Å². The molecule has 1 aromatic heterocycles. The highest BCUT2D eigenvalue weighted by molar-refractivity contribution is 7.22. The second-order valence-corrected chi connectivity index (χ2v) is 8.49. The molecule has 0 amide bonds. The molecule has 0 N–H and O–H groups in total. The number of rotatable bonds is 7. The van der Waals surface area contributed by atoms with Crippen LogP contribution in [0.5, 0.6) is 0 Å². The number of nitro benzene ring substituents is 1. The van der Waals surface area contributed by atoms with Crippen molar-refractivity contribution in [2.45, 2.75) is 32.6 Å². The van der Waals surface area contributed by atoms with E-state index in [1.807, 2.05) is 12.1 Å². The maximum atomic E-state index is 11.0. The van der Waals surface area contributed by atoms with E-state index in [-0.39, 0.29) is 10.6 Å². The van der Waals surface area contributed by atoms with Crippen LogP contribution in [-0.4, -0.2) is 41.0 Å². The van der Waals surface area contributed by atoms with Gasteiger partial charge in [-0.2, -0.15) is 0 Å². The number of fused-ring (bicyclic) bond motifs is 1. The molecular weight excluding hydrogens is 384 g/mol. The molecule has 29 heavy (non-hydrogen) atoms. The Kier molecular flexibility index (Phi) is 6.06. The number of nitrogens with zero attached hydrogens (tertiary/aromatic N) is 4. The highest BCUT2D eigenvalue weighted by Crippen LogP contribution is 2.34. The molecule has 6 nitrogen and oxygen atoms in total. The molecule has 1 aliphatic rings. The van der Waals surface area contributed by atoms with Gasteiger partial charge in [-0.15, -0.1) is 0 Å². The summed E-state index contributed by atoms with van der Waals surface area (Å²) in [6.07, 6.45) is 4.85. The van der Waals surface area contributed by atoms with Crippen molar-refractivity contribution in [3.8, 4) is 0 Å². The third-order valence-electron chi connectivity index (χ3n) is 5.54. The number of aromatic nitrogens is 1. The molecule has 1 aliphatic heterocycles. The molecule has 4 rings (SSSR count). The van der Waals surface area contributed by atoms with E-state index in [1.54, 1.807) is 23.5 Å². The van der Waals surface area contributed by atoms with E-state index in [0.29, 0.717) is 0 Å². The van der Waals surface area contributed by atoms with E-state index in [0.717, 1.165) is 48.9 Å². The molecule has 2 heterocycles. The minimum absolute atomic E-state index is 0.113. The van der Waals surface area contributed by atoms with Gasteiger partial charge in [0.2, 0.25) is 0 Å². The number of likely N-dealkylation sites (tertiary alicyclic amines) is 1. The third kappa shape index (κ3) is 4.57. The summed E-state index contributed by atoms with van der Waals surface area (Å²) in [5.74, 6) is 0. The zero-order chi connectivity index (χ0) is 20.2. The molecule has 0 radical (unpaired) electrons. The molecule has 0 bridgehead atoms. The van der Waals surface area contributed by atoms with Crippen molar-refractivity contribution in [1.29, 1.82) is 0 Å². The first kappa shape index (κ1) is 19.8. The minimum Gasteiger partial charge on any atom is -0.317 e. The van der Waals surface area contributed by atoms with Crippen molar-refractivity contribution in [2.75, 3.05) is 31.1 Å². The van der Waals surface area contributed by atoms with E-state index in [1.165, 1.54) is 29.5 Å². The van der Waals surface area contributed by atoms with Crippen molar-refractivity contribution in [3.05, 3.63) is 58.1 Å². The molecule has 7 heteroatoms. The normalized spacial score (nSPS) is 14.9. The van der Waals surface area contributed by atoms with E-state index >= 15 is 0 Å². The molecule has 1 fully saturated rings. The largest absolute Gasteiger partial charge is 0.317 e. The zero-order valence-corrected chi connectivity index (χ0v) is 17.5. The fraction of sp³-hybridized carbons (Fsp3) is 0.409. The quantitative estimate of drug-likeness (QED) is 0.386. The summed E-state index contributed by atoms with van der Waals surface area (Å²) < 4.78 is 1.18. The van der Waals surface area contributed by atoms with Gasteiger partial charge in [0.05, 0.1) is 15.1 Å². The molecule has 1 saturated heterocycles. The predicted molar refractivity (Wildman–Crippen MR) is 119 cm³/mol. The van der Waals surface area contributed by atoms with Gasteiger partial charge in [0.25, 0.3) is 5.69 Å². The summed E-state index contributed by atoms with van der Waals surface area (Å²) in [7, 11) is 0. The van der Waals surface area contributed by atoms with Crippen LogP contribution in [0.1, 0.15) is 31.7 Å². The van der Waals surface area contributed by atoms with Crippen LogP contribution in [0.25, 0.3) is 10.2 Å². The standard InChI is InChI=1S/C22H26N4O2S/c1-2-17-6-11-20-21(16-17)29-22(23-20)25(15-14-24-12-4-3-5-13-24)18-7-9-19(10-8-18)26(27)28/h6-11,16H,2-5,12-15H2,1H3. The summed E-state index contributed by atoms with van der Waals surface area (Å²) in [5.41, 5.74) is 3.37. The van der Waals surface area contributed by atoms with Gasteiger partial charge < -0.3 is 9.80 Å². The van der Waals surface area contributed by atoms with E-state index in [4.69, 9.17) is 4.98 Å². The van der Waals surface area contributed by atoms with Gasteiger partial charge in [-0.3, -0.25) is 10.1 Å². The van der Waals surface area contributed by atoms with Gasteiger partial charge in [-0.1, -0.05) is 30.7 Å². The van der Waals surface area contributed by atoms with Crippen LogP contribution >= 0.6 is 11.3 Å². The van der Waals surface area contributed by atoms with Crippen molar-refractivity contribution in [3.63, 3.8) is 0 Å². The smallest absolute Gasteiger partial charge is 0.269 e. The Morgan fingerprint density at radius 1 is 1.14 bits per heavy atom. The van der Waals surface area contributed by atoms with Gasteiger partial charge in [-0.25, -0.2) is 4.98 Å². The van der Waals surface area contributed by atoms with E-state index < -0.39 is 0 Å². The van der Waals surface area contributed by atoms with Crippen molar-refractivity contribution < 1.29 is 4.92 Å². The fourth-order valence-corrected chi connectivity index (χ4v) is 4.88. The Bertz CT molecular complexity index is 980. The third-order valence-corrected chi connectivity index (χ3v) is 6.58.